The summed E-state index contributed by atoms with van der Waals surface area (Å²) in [6.45, 7) is 6.46. The van der Waals surface area contributed by atoms with Gasteiger partial charge >= 0.3 is 18.2 Å². The summed E-state index contributed by atoms with van der Waals surface area (Å²) in [5, 5.41) is 12.3. The Bertz CT molecular complexity index is 895. The zero-order valence-corrected chi connectivity index (χ0v) is 21.1. The number of thiophene rings is 1. The standard InChI is InChI=1S/C21H32N4O3S.C2HF3O2/c1-23-15-18(19(26)22-14-17-4-2-13-29-17)21(16-23)5-3-7-24(8-6-21)20(27)25-9-11-28-12-10-25;3-2(4,5)1(6)7/h2,4,13,18H,3,5-12,14-16H2,1H3,(H,22,26);(H,6,7). The maximum absolute atomic E-state index is 13.1. The van der Waals surface area contributed by atoms with Crippen molar-refractivity contribution in [2.45, 2.75) is 32.0 Å². The fourth-order valence-corrected chi connectivity index (χ4v) is 5.80. The van der Waals surface area contributed by atoms with Gasteiger partial charge in [-0.15, -0.1) is 11.3 Å². The summed E-state index contributed by atoms with van der Waals surface area (Å²) in [6, 6.07) is 4.21. The fourth-order valence-electron chi connectivity index (χ4n) is 5.16. The maximum Gasteiger partial charge on any atom is 0.490 e. The van der Waals surface area contributed by atoms with Crippen molar-refractivity contribution in [1.29, 1.82) is 0 Å². The summed E-state index contributed by atoms with van der Waals surface area (Å²) in [6.07, 6.45) is -2.23. The second kappa shape index (κ2) is 12.2. The number of hydrogen-bond acceptors (Lipinski definition) is 6. The SMILES string of the molecule is CN1CC(C(=O)NCc2cccs2)C2(CCCN(C(=O)N3CCOCC3)CC2)C1.O=C(O)C(F)(F)F. The average Bonchev–Trinajstić information content (AvgIpc) is 3.41. The van der Waals surface area contributed by atoms with E-state index in [1.54, 1.807) is 11.3 Å². The van der Waals surface area contributed by atoms with Gasteiger partial charge < -0.3 is 29.9 Å². The van der Waals surface area contributed by atoms with Crippen molar-refractivity contribution in [3.8, 4) is 0 Å². The summed E-state index contributed by atoms with van der Waals surface area (Å²) >= 11 is 1.67. The molecule has 1 spiro atoms. The summed E-state index contributed by atoms with van der Waals surface area (Å²) in [7, 11) is 2.11. The molecule has 0 radical (unpaired) electrons. The molecule has 0 aromatic carbocycles. The van der Waals surface area contributed by atoms with Crippen LogP contribution >= 0.6 is 11.3 Å². The lowest BCUT2D eigenvalue weighted by Crippen LogP contribution is -2.48. The number of alkyl halides is 3. The number of morpholine rings is 1. The largest absolute Gasteiger partial charge is 0.490 e. The number of aliphatic carboxylic acids is 1. The highest BCUT2D eigenvalue weighted by Crippen LogP contribution is 2.44. The molecule has 0 aliphatic carbocycles. The number of amides is 3. The third kappa shape index (κ3) is 7.32. The number of nitrogens with zero attached hydrogens (tertiary/aromatic N) is 3. The number of halogens is 3. The lowest BCUT2D eigenvalue weighted by Gasteiger charge is -2.34. The van der Waals surface area contributed by atoms with Gasteiger partial charge in [0.25, 0.3) is 0 Å². The predicted octanol–water partition coefficient (Wildman–Crippen LogP) is 2.48. The number of urea groups is 1. The monoisotopic (exact) mass is 534 g/mol. The van der Waals surface area contributed by atoms with Gasteiger partial charge in [-0.1, -0.05) is 6.07 Å². The Kier molecular flexibility index (Phi) is 9.59. The van der Waals surface area contributed by atoms with E-state index >= 15 is 0 Å². The van der Waals surface area contributed by atoms with Crippen LogP contribution in [-0.2, 0) is 20.9 Å². The van der Waals surface area contributed by atoms with Crippen molar-refractivity contribution < 1.29 is 37.4 Å². The molecule has 3 saturated heterocycles. The molecule has 3 aliphatic heterocycles. The Hall–Kier alpha value is -2.38. The van der Waals surface area contributed by atoms with Crippen LogP contribution in [0.3, 0.4) is 0 Å². The number of carbonyl (C=O) groups is 3. The van der Waals surface area contributed by atoms with E-state index in [9.17, 15) is 22.8 Å². The highest BCUT2D eigenvalue weighted by atomic mass is 32.1. The molecule has 2 atom stereocenters. The molecule has 13 heteroatoms. The molecular formula is C23H33F3N4O5S. The molecule has 3 fully saturated rings. The van der Waals surface area contributed by atoms with E-state index in [-0.39, 0.29) is 23.3 Å². The van der Waals surface area contributed by atoms with Crippen LogP contribution in [-0.4, -0.2) is 103 Å². The molecule has 1 aromatic rings. The number of nitrogens with one attached hydrogen (secondary N) is 1. The number of hydrogen-bond donors (Lipinski definition) is 2. The highest BCUT2D eigenvalue weighted by molar-refractivity contribution is 7.09. The van der Waals surface area contributed by atoms with Crippen LogP contribution in [0.4, 0.5) is 18.0 Å². The van der Waals surface area contributed by atoms with Crippen LogP contribution in [0, 0.1) is 11.3 Å². The second-order valence-corrected chi connectivity index (χ2v) is 10.5. The quantitative estimate of drug-likeness (QED) is 0.618. The Balaban J connectivity index is 0.000000454. The van der Waals surface area contributed by atoms with Crippen LogP contribution in [0.25, 0.3) is 0 Å². The van der Waals surface area contributed by atoms with E-state index in [0.717, 1.165) is 45.4 Å². The smallest absolute Gasteiger partial charge is 0.475 e. The average molecular weight is 535 g/mol. The molecule has 3 amide bonds. The van der Waals surface area contributed by atoms with E-state index in [0.29, 0.717) is 32.8 Å². The zero-order chi connectivity index (χ0) is 26.3. The zero-order valence-electron chi connectivity index (χ0n) is 20.3. The topological polar surface area (TPSA) is 102 Å². The molecule has 2 N–H and O–H groups in total. The van der Waals surface area contributed by atoms with Crippen LogP contribution < -0.4 is 5.32 Å². The fraction of sp³-hybridized carbons (Fsp3) is 0.696. The third-order valence-electron chi connectivity index (χ3n) is 6.93. The van der Waals surface area contributed by atoms with Gasteiger partial charge in [0, 0.05) is 44.1 Å². The number of carboxylic acids is 1. The Labute approximate surface area is 212 Å². The van der Waals surface area contributed by atoms with Crippen molar-refractivity contribution in [2.75, 3.05) is 59.5 Å². The minimum Gasteiger partial charge on any atom is -0.475 e. The normalized spacial score (nSPS) is 25.2. The highest BCUT2D eigenvalue weighted by Gasteiger charge is 2.49. The minimum atomic E-state index is -5.08. The van der Waals surface area contributed by atoms with Gasteiger partial charge in [0.15, 0.2) is 0 Å². The van der Waals surface area contributed by atoms with E-state index in [4.69, 9.17) is 14.6 Å². The molecule has 4 heterocycles. The summed E-state index contributed by atoms with van der Waals surface area (Å²) < 4.78 is 37.1. The van der Waals surface area contributed by atoms with E-state index < -0.39 is 12.1 Å². The molecule has 0 saturated carbocycles. The maximum atomic E-state index is 13.1. The Morgan fingerprint density at radius 1 is 1.17 bits per heavy atom. The molecule has 0 bridgehead atoms. The van der Waals surface area contributed by atoms with Crippen molar-refractivity contribution >= 4 is 29.2 Å². The molecule has 3 aliphatic rings. The number of carbonyl (C=O) groups excluding carboxylic acids is 2. The summed E-state index contributed by atoms with van der Waals surface area (Å²) in [5.41, 5.74) is -0.0334. The van der Waals surface area contributed by atoms with Crippen LogP contribution in [0.5, 0.6) is 0 Å². The molecule has 1 aromatic heterocycles. The van der Waals surface area contributed by atoms with E-state index in [2.05, 4.69) is 23.3 Å². The number of likely N-dealkylation sites (tertiary alicyclic amines) is 2. The first-order chi connectivity index (χ1) is 17.0. The second-order valence-electron chi connectivity index (χ2n) is 9.43. The molecule has 36 heavy (non-hydrogen) atoms. The first-order valence-corrected chi connectivity index (χ1v) is 12.8. The molecule has 2 unspecified atom stereocenters. The van der Waals surface area contributed by atoms with Gasteiger partial charge in [-0.3, -0.25) is 4.79 Å². The summed E-state index contributed by atoms with van der Waals surface area (Å²) in [5.74, 6) is -2.60. The lowest BCUT2D eigenvalue weighted by atomic mass is 9.72. The van der Waals surface area contributed by atoms with Crippen LogP contribution in [0.2, 0.25) is 0 Å². The number of rotatable bonds is 3. The number of carboxylic acid groups (broad SMARTS) is 1. The van der Waals surface area contributed by atoms with E-state index in [1.807, 2.05) is 21.2 Å². The van der Waals surface area contributed by atoms with Gasteiger partial charge in [-0.05, 0) is 43.2 Å². The number of ether oxygens (including phenoxy) is 1. The molecule has 9 nitrogen and oxygen atoms in total. The Morgan fingerprint density at radius 2 is 1.83 bits per heavy atom. The third-order valence-corrected chi connectivity index (χ3v) is 7.81. The van der Waals surface area contributed by atoms with Crippen LogP contribution in [0.15, 0.2) is 17.5 Å². The molecule has 4 rings (SSSR count). The summed E-state index contributed by atoms with van der Waals surface area (Å²) in [4.78, 5) is 42.3. The van der Waals surface area contributed by atoms with E-state index in [1.165, 1.54) is 4.88 Å². The van der Waals surface area contributed by atoms with Gasteiger partial charge in [-0.2, -0.15) is 13.2 Å². The van der Waals surface area contributed by atoms with Gasteiger partial charge in [-0.25, -0.2) is 9.59 Å². The van der Waals surface area contributed by atoms with Crippen molar-refractivity contribution in [3.05, 3.63) is 22.4 Å². The first-order valence-electron chi connectivity index (χ1n) is 11.9. The minimum absolute atomic E-state index is 0.00843. The van der Waals surface area contributed by atoms with Crippen LogP contribution in [0.1, 0.15) is 24.1 Å². The first kappa shape index (κ1) is 28.2. The van der Waals surface area contributed by atoms with Gasteiger partial charge in [0.1, 0.15) is 0 Å². The molecule has 202 valence electrons. The van der Waals surface area contributed by atoms with Gasteiger partial charge in [0.2, 0.25) is 5.91 Å². The van der Waals surface area contributed by atoms with Crippen molar-refractivity contribution in [3.63, 3.8) is 0 Å². The van der Waals surface area contributed by atoms with Crippen molar-refractivity contribution in [1.82, 2.24) is 20.0 Å². The predicted molar refractivity (Wildman–Crippen MR) is 126 cm³/mol. The molecular weight excluding hydrogens is 501 g/mol. The lowest BCUT2D eigenvalue weighted by molar-refractivity contribution is -0.192. The van der Waals surface area contributed by atoms with Gasteiger partial charge in [0.05, 0.1) is 25.7 Å². The Morgan fingerprint density at radius 3 is 2.44 bits per heavy atom. The van der Waals surface area contributed by atoms with Crippen molar-refractivity contribution in [2.24, 2.45) is 11.3 Å².